The maximum absolute atomic E-state index is 12.5. The first kappa shape index (κ1) is 18.7. The summed E-state index contributed by atoms with van der Waals surface area (Å²) in [4.78, 5) is 30.0. The molecule has 1 heterocycles. The largest absolute Gasteiger partial charge is 0.497 e. The predicted molar refractivity (Wildman–Crippen MR) is 107 cm³/mol. The summed E-state index contributed by atoms with van der Waals surface area (Å²) in [5.41, 5.74) is 2.72. The molecule has 1 aliphatic heterocycles. The molecule has 1 N–H and O–H groups in total. The number of aromatic carboxylic acids is 1. The van der Waals surface area contributed by atoms with Crippen LogP contribution in [0.25, 0.3) is 6.08 Å². The molecule has 3 rings (SSSR count). The first-order valence-corrected chi connectivity index (χ1v) is 8.95. The van der Waals surface area contributed by atoms with Crippen LogP contribution in [-0.2, 0) is 4.79 Å². The second-order valence-corrected chi connectivity index (χ2v) is 6.95. The number of carbonyl (C=O) groups is 2. The molecule has 2 aromatic rings. The van der Waals surface area contributed by atoms with Crippen LogP contribution >= 0.6 is 11.8 Å². The van der Waals surface area contributed by atoms with Crippen LogP contribution in [0.5, 0.6) is 5.75 Å². The lowest BCUT2D eigenvalue weighted by molar-refractivity contribution is -0.121. The Hall–Kier alpha value is -3.06. The van der Waals surface area contributed by atoms with Gasteiger partial charge in [0.25, 0.3) is 5.91 Å². The van der Waals surface area contributed by atoms with E-state index in [0.29, 0.717) is 15.8 Å². The van der Waals surface area contributed by atoms with E-state index in [1.807, 2.05) is 31.2 Å². The monoisotopic (exact) mass is 382 g/mol. The van der Waals surface area contributed by atoms with Gasteiger partial charge in [0.05, 0.1) is 23.3 Å². The predicted octanol–water partition coefficient (Wildman–Crippen LogP) is 3.94. The van der Waals surface area contributed by atoms with Gasteiger partial charge >= 0.3 is 5.97 Å². The number of hydrogen-bond acceptors (Lipinski definition) is 5. The molecule has 1 amide bonds. The highest BCUT2D eigenvalue weighted by Crippen LogP contribution is 2.34. The Labute approximate surface area is 161 Å². The number of benzene rings is 2. The summed E-state index contributed by atoms with van der Waals surface area (Å²) >= 11 is 1.29. The van der Waals surface area contributed by atoms with E-state index in [4.69, 9.17) is 9.84 Å². The molecule has 0 radical (unpaired) electrons. The van der Waals surface area contributed by atoms with E-state index >= 15 is 0 Å². The lowest BCUT2D eigenvalue weighted by Gasteiger charge is -2.07. The molecule has 7 heteroatoms. The number of rotatable bonds is 4. The SMILES string of the molecule is COc1ccc(/C=C2/SC(=Nc3ccc(C(=O)O)cc3)N(C)C2=O)c(C)c1. The van der Waals surface area contributed by atoms with Crippen molar-refractivity contribution in [3.8, 4) is 5.75 Å². The lowest BCUT2D eigenvalue weighted by atomic mass is 10.1. The number of carboxylic acid groups (broad SMARTS) is 1. The number of aliphatic imine (C=N–C) groups is 1. The van der Waals surface area contributed by atoms with E-state index in [-0.39, 0.29) is 11.5 Å². The van der Waals surface area contributed by atoms with Crippen LogP contribution in [0.4, 0.5) is 5.69 Å². The summed E-state index contributed by atoms with van der Waals surface area (Å²) in [5.74, 6) is -0.350. The van der Waals surface area contributed by atoms with Gasteiger partial charge in [0, 0.05) is 7.05 Å². The molecule has 0 saturated carbocycles. The number of amides is 1. The van der Waals surface area contributed by atoms with Crippen LogP contribution in [0.3, 0.4) is 0 Å². The van der Waals surface area contributed by atoms with Gasteiger partial charge in [-0.15, -0.1) is 0 Å². The molecule has 1 aliphatic rings. The van der Waals surface area contributed by atoms with Crippen molar-refractivity contribution in [2.24, 2.45) is 4.99 Å². The Bertz CT molecular complexity index is 964. The van der Waals surface area contributed by atoms with Crippen LogP contribution in [0.15, 0.2) is 52.4 Å². The van der Waals surface area contributed by atoms with E-state index in [2.05, 4.69) is 4.99 Å². The van der Waals surface area contributed by atoms with Gasteiger partial charge in [-0.25, -0.2) is 9.79 Å². The minimum Gasteiger partial charge on any atom is -0.497 e. The molecule has 1 fully saturated rings. The minimum absolute atomic E-state index is 0.129. The molecule has 2 aromatic carbocycles. The van der Waals surface area contributed by atoms with Crippen molar-refractivity contribution < 1.29 is 19.4 Å². The third kappa shape index (κ3) is 4.03. The number of hydrogen-bond donors (Lipinski definition) is 1. The van der Waals surface area contributed by atoms with Gasteiger partial charge in [-0.3, -0.25) is 9.69 Å². The Morgan fingerprint density at radius 2 is 1.93 bits per heavy atom. The minimum atomic E-state index is -0.989. The van der Waals surface area contributed by atoms with Gasteiger partial charge in [0.2, 0.25) is 0 Å². The quantitative estimate of drug-likeness (QED) is 0.811. The lowest BCUT2D eigenvalue weighted by Crippen LogP contribution is -2.23. The second kappa shape index (κ2) is 7.67. The molecule has 0 spiro atoms. The molecule has 0 bridgehead atoms. The van der Waals surface area contributed by atoms with Crippen LogP contribution in [0, 0.1) is 6.92 Å². The molecule has 0 aliphatic carbocycles. The van der Waals surface area contributed by atoms with Gasteiger partial charge in [-0.2, -0.15) is 0 Å². The first-order valence-electron chi connectivity index (χ1n) is 8.13. The summed E-state index contributed by atoms with van der Waals surface area (Å²) < 4.78 is 5.21. The smallest absolute Gasteiger partial charge is 0.335 e. The van der Waals surface area contributed by atoms with Gasteiger partial charge < -0.3 is 9.84 Å². The summed E-state index contributed by atoms with van der Waals surface area (Å²) in [5, 5.41) is 9.50. The third-order valence-electron chi connectivity index (χ3n) is 4.11. The van der Waals surface area contributed by atoms with Crippen molar-refractivity contribution in [3.63, 3.8) is 0 Å². The van der Waals surface area contributed by atoms with E-state index < -0.39 is 5.97 Å². The van der Waals surface area contributed by atoms with Crippen molar-refractivity contribution >= 4 is 40.6 Å². The Kier molecular flexibility index (Phi) is 5.32. The molecule has 6 nitrogen and oxygen atoms in total. The fourth-order valence-electron chi connectivity index (χ4n) is 2.52. The van der Waals surface area contributed by atoms with E-state index in [0.717, 1.165) is 16.9 Å². The van der Waals surface area contributed by atoms with Crippen molar-refractivity contribution in [1.29, 1.82) is 0 Å². The van der Waals surface area contributed by atoms with Crippen molar-refractivity contribution in [2.45, 2.75) is 6.92 Å². The molecule has 27 heavy (non-hydrogen) atoms. The number of amidine groups is 1. The van der Waals surface area contributed by atoms with Gasteiger partial charge in [0.1, 0.15) is 5.75 Å². The zero-order valence-corrected chi connectivity index (χ0v) is 15.9. The molecular weight excluding hydrogens is 364 g/mol. The molecule has 0 aromatic heterocycles. The number of thioether (sulfide) groups is 1. The third-order valence-corrected chi connectivity index (χ3v) is 5.17. The molecule has 138 valence electrons. The Balaban J connectivity index is 1.87. The normalized spacial score (nSPS) is 17.0. The van der Waals surface area contributed by atoms with E-state index in [9.17, 15) is 9.59 Å². The highest BCUT2D eigenvalue weighted by Gasteiger charge is 2.30. The Morgan fingerprint density at radius 3 is 2.52 bits per heavy atom. The zero-order valence-electron chi connectivity index (χ0n) is 15.1. The number of carbonyl (C=O) groups excluding carboxylic acids is 1. The molecule has 0 atom stereocenters. The highest BCUT2D eigenvalue weighted by atomic mass is 32.2. The number of carboxylic acids is 1. The second-order valence-electron chi connectivity index (χ2n) is 5.94. The number of nitrogens with zero attached hydrogens (tertiary/aromatic N) is 2. The zero-order chi connectivity index (χ0) is 19.6. The van der Waals surface area contributed by atoms with Crippen LogP contribution < -0.4 is 4.74 Å². The average molecular weight is 382 g/mol. The summed E-state index contributed by atoms with van der Waals surface area (Å²) in [6.45, 7) is 1.96. The standard InChI is InChI=1S/C20H18N2O4S/c1-12-10-16(26-3)9-6-14(12)11-17-18(23)22(2)20(27-17)21-15-7-4-13(5-8-15)19(24)25/h4-11H,1-3H3,(H,24,25)/b17-11+,21-20?. The van der Waals surface area contributed by atoms with Crippen LogP contribution in [-0.4, -0.2) is 41.2 Å². The van der Waals surface area contributed by atoms with E-state index in [1.165, 1.54) is 28.8 Å². The maximum Gasteiger partial charge on any atom is 0.335 e. The van der Waals surface area contributed by atoms with Crippen molar-refractivity contribution in [1.82, 2.24) is 4.90 Å². The molecular formula is C20H18N2O4S. The summed E-state index contributed by atoms with van der Waals surface area (Å²) in [6, 6.07) is 11.9. The molecule has 1 saturated heterocycles. The van der Waals surface area contributed by atoms with Crippen molar-refractivity contribution in [2.75, 3.05) is 14.2 Å². The fourth-order valence-corrected chi connectivity index (χ4v) is 3.50. The highest BCUT2D eigenvalue weighted by molar-refractivity contribution is 8.18. The number of aryl methyl sites for hydroxylation is 1. The molecule has 0 unspecified atom stereocenters. The first-order chi connectivity index (χ1) is 12.9. The number of methoxy groups -OCH3 is 1. The Morgan fingerprint density at radius 1 is 1.22 bits per heavy atom. The van der Waals surface area contributed by atoms with Crippen molar-refractivity contribution in [3.05, 3.63) is 64.1 Å². The maximum atomic E-state index is 12.5. The van der Waals surface area contributed by atoms with Gasteiger partial charge in [-0.05, 0) is 72.3 Å². The topological polar surface area (TPSA) is 79.2 Å². The number of ether oxygens (including phenoxy) is 1. The van der Waals surface area contributed by atoms with Crippen LogP contribution in [0.1, 0.15) is 21.5 Å². The number of likely N-dealkylation sites (N-methyl/N-ethyl adjacent to an activating group) is 1. The van der Waals surface area contributed by atoms with Crippen LogP contribution in [0.2, 0.25) is 0 Å². The summed E-state index contributed by atoms with van der Waals surface area (Å²) in [7, 11) is 3.28. The van der Waals surface area contributed by atoms with E-state index in [1.54, 1.807) is 26.3 Å². The average Bonchev–Trinajstić information content (AvgIpc) is 2.91. The fraction of sp³-hybridized carbons (Fsp3) is 0.150. The van der Waals surface area contributed by atoms with Gasteiger partial charge in [0.15, 0.2) is 5.17 Å². The van der Waals surface area contributed by atoms with Gasteiger partial charge in [-0.1, -0.05) is 6.07 Å². The summed E-state index contributed by atoms with van der Waals surface area (Å²) in [6.07, 6.45) is 1.84.